The highest BCUT2D eigenvalue weighted by atomic mass is 16.2. The molecule has 1 amide bonds. The van der Waals surface area contributed by atoms with Crippen molar-refractivity contribution in [1.29, 1.82) is 0 Å². The zero-order valence-electron chi connectivity index (χ0n) is 12.7. The Kier molecular flexibility index (Phi) is 4.42. The van der Waals surface area contributed by atoms with Crippen LogP contribution in [0, 0.1) is 5.92 Å². The highest BCUT2D eigenvalue weighted by Gasteiger charge is 2.23. The molecule has 0 bridgehead atoms. The molecule has 0 unspecified atom stereocenters. The number of rotatable bonds is 3. The first-order valence-electron chi connectivity index (χ1n) is 7.91. The Morgan fingerprint density at radius 1 is 1.00 bits per heavy atom. The summed E-state index contributed by atoms with van der Waals surface area (Å²) in [6.45, 7) is 1.70. The smallest absolute Gasteiger partial charge is 0.253 e. The number of hydrogen-bond acceptors (Lipinski definition) is 2. The fourth-order valence-electron chi connectivity index (χ4n) is 3.10. The second-order valence-corrected chi connectivity index (χ2v) is 6.05. The predicted molar refractivity (Wildman–Crippen MR) is 89.6 cm³/mol. The van der Waals surface area contributed by atoms with E-state index >= 15 is 0 Å². The number of hydrogen-bond donors (Lipinski definition) is 1. The van der Waals surface area contributed by atoms with Gasteiger partial charge in [0.15, 0.2) is 0 Å². The first kappa shape index (κ1) is 14.6. The topological polar surface area (TPSA) is 46.3 Å². The molecule has 3 rings (SSSR count). The van der Waals surface area contributed by atoms with Crippen LogP contribution in [-0.2, 0) is 6.42 Å². The monoisotopic (exact) mass is 294 g/mol. The van der Waals surface area contributed by atoms with E-state index in [0.717, 1.165) is 37.9 Å². The van der Waals surface area contributed by atoms with Gasteiger partial charge in [-0.1, -0.05) is 30.3 Å². The molecule has 1 aliphatic heterocycles. The number of piperidine rings is 1. The van der Waals surface area contributed by atoms with E-state index in [1.165, 1.54) is 5.56 Å². The summed E-state index contributed by atoms with van der Waals surface area (Å²) in [4.78, 5) is 14.4. The predicted octanol–water partition coefficient (Wildman–Crippen LogP) is 3.36. The molecular formula is C19H22N2O. The molecule has 1 fully saturated rings. The first-order chi connectivity index (χ1) is 10.7. The van der Waals surface area contributed by atoms with Crippen molar-refractivity contribution in [3.63, 3.8) is 0 Å². The standard InChI is InChI=1S/C19H22N2O/c20-18-8-6-17(7-9-18)19(22)21-12-10-16(11-13-21)14-15-4-2-1-3-5-15/h1-9,16H,10-14,20H2. The Morgan fingerprint density at radius 3 is 2.27 bits per heavy atom. The maximum absolute atomic E-state index is 12.5. The molecule has 3 heteroatoms. The molecule has 1 saturated heterocycles. The van der Waals surface area contributed by atoms with E-state index in [1.807, 2.05) is 17.0 Å². The van der Waals surface area contributed by atoms with Gasteiger partial charge in [0.2, 0.25) is 0 Å². The Morgan fingerprint density at radius 2 is 1.64 bits per heavy atom. The number of benzene rings is 2. The molecule has 2 aromatic carbocycles. The number of likely N-dealkylation sites (tertiary alicyclic amines) is 1. The summed E-state index contributed by atoms with van der Waals surface area (Å²) in [5.41, 5.74) is 8.49. The molecule has 0 saturated carbocycles. The van der Waals surface area contributed by atoms with Crippen molar-refractivity contribution in [2.24, 2.45) is 5.92 Å². The van der Waals surface area contributed by atoms with Gasteiger partial charge >= 0.3 is 0 Å². The van der Waals surface area contributed by atoms with Crippen LogP contribution in [0.3, 0.4) is 0 Å². The number of nitrogens with two attached hydrogens (primary N) is 1. The van der Waals surface area contributed by atoms with Gasteiger partial charge in [-0.05, 0) is 55.0 Å². The molecule has 3 nitrogen and oxygen atoms in total. The lowest BCUT2D eigenvalue weighted by Gasteiger charge is -2.32. The third-order valence-electron chi connectivity index (χ3n) is 4.43. The lowest BCUT2D eigenvalue weighted by Crippen LogP contribution is -2.38. The Hall–Kier alpha value is -2.29. The van der Waals surface area contributed by atoms with Crippen LogP contribution in [0.4, 0.5) is 5.69 Å². The van der Waals surface area contributed by atoms with Crippen molar-refractivity contribution in [2.75, 3.05) is 18.8 Å². The third kappa shape index (κ3) is 3.48. The van der Waals surface area contributed by atoms with E-state index < -0.39 is 0 Å². The summed E-state index contributed by atoms with van der Waals surface area (Å²) in [5, 5.41) is 0. The Balaban J connectivity index is 1.55. The van der Waals surface area contributed by atoms with Gasteiger partial charge in [0, 0.05) is 24.3 Å². The maximum Gasteiger partial charge on any atom is 0.253 e. The average Bonchev–Trinajstić information content (AvgIpc) is 2.57. The van der Waals surface area contributed by atoms with Crippen molar-refractivity contribution >= 4 is 11.6 Å². The van der Waals surface area contributed by atoms with Crippen LogP contribution < -0.4 is 5.73 Å². The minimum atomic E-state index is 0.123. The van der Waals surface area contributed by atoms with Crippen molar-refractivity contribution in [2.45, 2.75) is 19.3 Å². The van der Waals surface area contributed by atoms with Gasteiger partial charge in [-0.2, -0.15) is 0 Å². The summed E-state index contributed by atoms with van der Waals surface area (Å²) in [6.07, 6.45) is 3.27. The summed E-state index contributed by atoms with van der Waals surface area (Å²) in [7, 11) is 0. The average molecular weight is 294 g/mol. The second kappa shape index (κ2) is 6.65. The van der Waals surface area contributed by atoms with Gasteiger partial charge in [-0.3, -0.25) is 4.79 Å². The van der Waals surface area contributed by atoms with Gasteiger partial charge in [0.25, 0.3) is 5.91 Å². The van der Waals surface area contributed by atoms with Crippen LogP contribution in [0.2, 0.25) is 0 Å². The molecule has 0 spiro atoms. The van der Waals surface area contributed by atoms with Gasteiger partial charge < -0.3 is 10.6 Å². The van der Waals surface area contributed by atoms with Crippen LogP contribution in [0.25, 0.3) is 0 Å². The molecule has 0 radical (unpaired) electrons. The molecule has 0 atom stereocenters. The van der Waals surface area contributed by atoms with Gasteiger partial charge in [-0.15, -0.1) is 0 Å². The van der Waals surface area contributed by atoms with E-state index in [2.05, 4.69) is 30.3 Å². The summed E-state index contributed by atoms with van der Waals surface area (Å²) in [6, 6.07) is 17.8. The van der Waals surface area contributed by atoms with Crippen molar-refractivity contribution in [1.82, 2.24) is 4.90 Å². The highest BCUT2D eigenvalue weighted by Crippen LogP contribution is 2.23. The zero-order chi connectivity index (χ0) is 15.4. The molecule has 1 aliphatic rings. The molecule has 2 aromatic rings. The number of amides is 1. The summed E-state index contributed by atoms with van der Waals surface area (Å²) < 4.78 is 0. The molecule has 0 aromatic heterocycles. The van der Waals surface area contributed by atoms with Crippen LogP contribution in [0.5, 0.6) is 0 Å². The molecule has 22 heavy (non-hydrogen) atoms. The fourth-order valence-corrected chi connectivity index (χ4v) is 3.10. The number of nitrogen functional groups attached to an aromatic ring is 1. The Labute approximate surface area is 131 Å². The van der Waals surface area contributed by atoms with Crippen molar-refractivity contribution in [3.05, 3.63) is 65.7 Å². The summed E-state index contributed by atoms with van der Waals surface area (Å²) >= 11 is 0. The molecule has 1 heterocycles. The minimum absolute atomic E-state index is 0.123. The van der Waals surface area contributed by atoms with Crippen LogP contribution >= 0.6 is 0 Å². The van der Waals surface area contributed by atoms with Gasteiger partial charge in [-0.25, -0.2) is 0 Å². The van der Waals surface area contributed by atoms with Crippen LogP contribution in [0.1, 0.15) is 28.8 Å². The molecular weight excluding hydrogens is 272 g/mol. The quantitative estimate of drug-likeness (QED) is 0.882. The molecule has 114 valence electrons. The largest absolute Gasteiger partial charge is 0.399 e. The van der Waals surface area contributed by atoms with Crippen LogP contribution in [0.15, 0.2) is 54.6 Å². The van der Waals surface area contributed by atoms with E-state index in [9.17, 15) is 4.79 Å². The molecule has 0 aliphatic carbocycles. The molecule has 2 N–H and O–H groups in total. The number of anilines is 1. The fraction of sp³-hybridized carbons (Fsp3) is 0.316. The second-order valence-electron chi connectivity index (χ2n) is 6.05. The normalized spacial score (nSPS) is 15.7. The van der Waals surface area contributed by atoms with Crippen molar-refractivity contribution in [3.8, 4) is 0 Å². The zero-order valence-corrected chi connectivity index (χ0v) is 12.7. The maximum atomic E-state index is 12.5. The van der Waals surface area contributed by atoms with E-state index in [0.29, 0.717) is 11.6 Å². The number of nitrogens with zero attached hydrogens (tertiary/aromatic N) is 1. The van der Waals surface area contributed by atoms with Crippen LogP contribution in [-0.4, -0.2) is 23.9 Å². The van der Waals surface area contributed by atoms with Gasteiger partial charge in [0.05, 0.1) is 0 Å². The summed E-state index contributed by atoms with van der Waals surface area (Å²) in [5.74, 6) is 0.802. The minimum Gasteiger partial charge on any atom is -0.399 e. The SMILES string of the molecule is Nc1ccc(C(=O)N2CCC(Cc3ccccc3)CC2)cc1. The third-order valence-corrected chi connectivity index (χ3v) is 4.43. The first-order valence-corrected chi connectivity index (χ1v) is 7.91. The van der Waals surface area contributed by atoms with Gasteiger partial charge in [0.1, 0.15) is 0 Å². The lowest BCUT2D eigenvalue weighted by atomic mass is 9.90. The highest BCUT2D eigenvalue weighted by molar-refractivity contribution is 5.94. The number of carbonyl (C=O) groups excluding carboxylic acids is 1. The Bertz CT molecular complexity index is 614. The van der Waals surface area contributed by atoms with E-state index in [-0.39, 0.29) is 5.91 Å². The van der Waals surface area contributed by atoms with E-state index in [1.54, 1.807) is 12.1 Å². The van der Waals surface area contributed by atoms with E-state index in [4.69, 9.17) is 5.73 Å². The van der Waals surface area contributed by atoms with Crippen molar-refractivity contribution < 1.29 is 4.79 Å². The lowest BCUT2D eigenvalue weighted by molar-refractivity contribution is 0.0690. The number of carbonyl (C=O) groups is 1.